The van der Waals surface area contributed by atoms with E-state index < -0.39 is 0 Å². The second-order valence-corrected chi connectivity index (χ2v) is 5.54. The van der Waals surface area contributed by atoms with E-state index in [0.29, 0.717) is 5.56 Å². The van der Waals surface area contributed by atoms with Gasteiger partial charge in [0.1, 0.15) is 6.54 Å². The first-order chi connectivity index (χ1) is 9.69. The summed E-state index contributed by atoms with van der Waals surface area (Å²) in [6.07, 6.45) is 7.53. The summed E-state index contributed by atoms with van der Waals surface area (Å²) in [4.78, 5) is 26.2. The fraction of sp³-hybridized carbons (Fsp3) is 0.643. The third kappa shape index (κ3) is 2.30. The molecule has 1 aliphatic carbocycles. The van der Waals surface area contributed by atoms with Gasteiger partial charge in [0, 0.05) is 18.8 Å². The molecule has 108 valence electrons. The van der Waals surface area contributed by atoms with Gasteiger partial charge in [-0.25, -0.2) is 0 Å². The molecule has 2 heterocycles. The number of aromatic nitrogens is 2. The van der Waals surface area contributed by atoms with E-state index in [2.05, 4.69) is 10.4 Å². The van der Waals surface area contributed by atoms with E-state index in [1.807, 2.05) is 6.92 Å². The zero-order valence-electron chi connectivity index (χ0n) is 11.7. The number of rotatable bonds is 2. The zero-order chi connectivity index (χ0) is 14.1. The third-order valence-electron chi connectivity index (χ3n) is 4.26. The topological polar surface area (TPSA) is 67.2 Å². The Morgan fingerprint density at radius 2 is 2.25 bits per heavy atom. The van der Waals surface area contributed by atoms with Crippen LogP contribution < -0.4 is 5.32 Å². The molecular formula is C14H20N4O2. The summed E-state index contributed by atoms with van der Waals surface area (Å²) in [5, 5.41) is 7.16. The SMILES string of the molecule is CCn1cc(C(=O)N2CC(=O)N[C@H]3CCCC[C@H]32)cn1. The molecule has 2 aliphatic rings. The van der Waals surface area contributed by atoms with Crippen LogP contribution in [0.25, 0.3) is 0 Å². The van der Waals surface area contributed by atoms with Gasteiger partial charge in [0.15, 0.2) is 0 Å². The van der Waals surface area contributed by atoms with Crippen molar-refractivity contribution >= 4 is 11.8 Å². The number of hydrogen-bond acceptors (Lipinski definition) is 3. The van der Waals surface area contributed by atoms with Gasteiger partial charge in [-0.1, -0.05) is 12.8 Å². The molecule has 2 atom stereocenters. The highest BCUT2D eigenvalue weighted by Crippen LogP contribution is 2.26. The lowest BCUT2D eigenvalue weighted by atomic mass is 9.87. The number of carbonyl (C=O) groups is 2. The van der Waals surface area contributed by atoms with Crippen molar-refractivity contribution in [3.63, 3.8) is 0 Å². The average molecular weight is 276 g/mol. The molecule has 2 fully saturated rings. The predicted octanol–water partition coefficient (Wildman–Crippen LogP) is 0.786. The minimum absolute atomic E-state index is 0.0515. The number of carbonyl (C=O) groups excluding carboxylic acids is 2. The van der Waals surface area contributed by atoms with Crippen molar-refractivity contribution in [1.29, 1.82) is 0 Å². The Hall–Kier alpha value is -1.85. The molecule has 3 rings (SSSR count). The first kappa shape index (κ1) is 13.1. The number of nitrogens with one attached hydrogen (secondary N) is 1. The summed E-state index contributed by atoms with van der Waals surface area (Å²) in [5.41, 5.74) is 0.575. The van der Waals surface area contributed by atoms with Crippen LogP contribution in [0.15, 0.2) is 12.4 Å². The molecule has 0 spiro atoms. The average Bonchev–Trinajstić information content (AvgIpc) is 2.94. The monoisotopic (exact) mass is 276 g/mol. The van der Waals surface area contributed by atoms with E-state index in [4.69, 9.17) is 0 Å². The van der Waals surface area contributed by atoms with Crippen molar-refractivity contribution in [2.45, 2.75) is 51.2 Å². The van der Waals surface area contributed by atoms with Gasteiger partial charge in [0.05, 0.1) is 17.8 Å². The molecule has 1 N–H and O–H groups in total. The number of hydrogen-bond donors (Lipinski definition) is 1. The maximum atomic E-state index is 12.6. The van der Waals surface area contributed by atoms with E-state index in [-0.39, 0.29) is 30.4 Å². The highest BCUT2D eigenvalue weighted by atomic mass is 16.2. The van der Waals surface area contributed by atoms with Crippen LogP contribution in [0, 0.1) is 0 Å². The van der Waals surface area contributed by atoms with Gasteiger partial charge in [0.2, 0.25) is 5.91 Å². The Morgan fingerprint density at radius 3 is 3.00 bits per heavy atom. The molecule has 20 heavy (non-hydrogen) atoms. The molecule has 6 nitrogen and oxygen atoms in total. The molecule has 0 unspecified atom stereocenters. The largest absolute Gasteiger partial charge is 0.350 e. The number of piperazine rings is 1. The molecule has 1 saturated heterocycles. The molecule has 0 radical (unpaired) electrons. The fourth-order valence-corrected chi connectivity index (χ4v) is 3.21. The summed E-state index contributed by atoms with van der Waals surface area (Å²) in [7, 11) is 0. The highest BCUT2D eigenvalue weighted by molar-refractivity contribution is 5.97. The van der Waals surface area contributed by atoms with Gasteiger partial charge in [-0.15, -0.1) is 0 Å². The number of amides is 2. The lowest BCUT2D eigenvalue weighted by molar-refractivity contribution is -0.127. The maximum Gasteiger partial charge on any atom is 0.257 e. The summed E-state index contributed by atoms with van der Waals surface area (Å²) in [6.45, 7) is 2.88. The van der Waals surface area contributed by atoms with Crippen LogP contribution in [0.3, 0.4) is 0 Å². The van der Waals surface area contributed by atoms with Gasteiger partial charge >= 0.3 is 0 Å². The summed E-state index contributed by atoms with van der Waals surface area (Å²) in [5.74, 6) is -0.124. The second kappa shape index (κ2) is 5.26. The van der Waals surface area contributed by atoms with Crippen molar-refractivity contribution in [2.24, 2.45) is 0 Å². The molecule has 1 saturated carbocycles. The smallest absolute Gasteiger partial charge is 0.257 e. The van der Waals surface area contributed by atoms with Crippen LogP contribution in [0.5, 0.6) is 0 Å². The van der Waals surface area contributed by atoms with E-state index >= 15 is 0 Å². The number of aryl methyl sites for hydroxylation is 1. The zero-order valence-corrected chi connectivity index (χ0v) is 11.7. The molecule has 1 aromatic rings. The second-order valence-electron chi connectivity index (χ2n) is 5.54. The van der Waals surface area contributed by atoms with E-state index in [1.165, 1.54) is 0 Å². The fourth-order valence-electron chi connectivity index (χ4n) is 3.21. The highest BCUT2D eigenvalue weighted by Gasteiger charge is 2.39. The minimum Gasteiger partial charge on any atom is -0.350 e. The molecule has 2 amide bonds. The van der Waals surface area contributed by atoms with Crippen molar-refractivity contribution in [3.8, 4) is 0 Å². The van der Waals surface area contributed by atoms with Crippen LogP contribution in [-0.2, 0) is 11.3 Å². The van der Waals surface area contributed by atoms with Gasteiger partial charge in [-0.3, -0.25) is 14.3 Å². The van der Waals surface area contributed by atoms with Gasteiger partial charge in [0.25, 0.3) is 5.91 Å². The maximum absolute atomic E-state index is 12.6. The molecule has 1 aliphatic heterocycles. The first-order valence-electron chi connectivity index (χ1n) is 7.32. The van der Waals surface area contributed by atoms with Crippen LogP contribution >= 0.6 is 0 Å². The van der Waals surface area contributed by atoms with Crippen molar-refractivity contribution < 1.29 is 9.59 Å². The van der Waals surface area contributed by atoms with E-state index in [0.717, 1.165) is 32.2 Å². The quantitative estimate of drug-likeness (QED) is 0.868. The lowest BCUT2D eigenvalue weighted by Gasteiger charge is -2.43. The Balaban J connectivity index is 1.82. The first-order valence-corrected chi connectivity index (χ1v) is 7.32. The summed E-state index contributed by atoms with van der Waals surface area (Å²) < 4.78 is 1.73. The van der Waals surface area contributed by atoms with E-state index in [9.17, 15) is 9.59 Å². The van der Waals surface area contributed by atoms with Crippen molar-refractivity contribution in [3.05, 3.63) is 18.0 Å². The molecule has 1 aromatic heterocycles. The Kier molecular flexibility index (Phi) is 3.46. The standard InChI is InChI=1S/C14H20N4O2/c1-2-17-8-10(7-15-17)14(20)18-9-13(19)16-11-5-3-4-6-12(11)18/h7-8,11-12H,2-6,9H2,1H3,(H,16,19)/t11-,12+/m0/s1. The minimum atomic E-state index is -0.0727. The van der Waals surface area contributed by atoms with Gasteiger partial charge < -0.3 is 10.2 Å². The normalized spacial score (nSPS) is 26.1. The molecular weight excluding hydrogens is 256 g/mol. The third-order valence-corrected chi connectivity index (χ3v) is 4.26. The van der Waals surface area contributed by atoms with Crippen LogP contribution in [0.4, 0.5) is 0 Å². The molecule has 0 bridgehead atoms. The van der Waals surface area contributed by atoms with Gasteiger partial charge in [-0.2, -0.15) is 5.10 Å². The number of nitrogens with zero attached hydrogens (tertiary/aromatic N) is 3. The van der Waals surface area contributed by atoms with Crippen LogP contribution in [-0.4, -0.2) is 45.1 Å². The van der Waals surface area contributed by atoms with Crippen molar-refractivity contribution in [2.75, 3.05) is 6.54 Å². The lowest BCUT2D eigenvalue weighted by Crippen LogP contribution is -2.62. The van der Waals surface area contributed by atoms with Crippen molar-refractivity contribution in [1.82, 2.24) is 20.0 Å². The number of fused-ring (bicyclic) bond motifs is 1. The molecule has 0 aromatic carbocycles. The van der Waals surface area contributed by atoms with Crippen LogP contribution in [0.1, 0.15) is 43.0 Å². The van der Waals surface area contributed by atoms with Crippen LogP contribution in [0.2, 0.25) is 0 Å². The summed E-state index contributed by atoms with van der Waals surface area (Å²) in [6, 6.07) is 0.258. The Bertz CT molecular complexity index is 525. The predicted molar refractivity (Wildman–Crippen MR) is 73.1 cm³/mol. The summed E-state index contributed by atoms with van der Waals surface area (Å²) >= 11 is 0. The Morgan fingerprint density at radius 1 is 1.45 bits per heavy atom. The Labute approximate surface area is 118 Å². The van der Waals surface area contributed by atoms with Gasteiger partial charge in [-0.05, 0) is 19.8 Å². The van der Waals surface area contributed by atoms with E-state index in [1.54, 1.807) is 22.0 Å². The molecule has 6 heteroatoms.